The van der Waals surface area contributed by atoms with Crippen molar-refractivity contribution in [2.75, 3.05) is 0 Å². The zero-order chi connectivity index (χ0) is 26.8. The van der Waals surface area contributed by atoms with Crippen molar-refractivity contribution < 1.29 is 14.0 Å². The van der Waals surface area contributed by atoms with E-state index in [-0.39, 0.29) is 29.1 Å². The highest BCUT2D eigenvalue weighted by molar-refractivity contribution is 6.19. The van der Waals surface area contributed by atoms with Gasteiger partial charge in [-0.1, -0.05) is 36.4 Å². The number of nitrogens with zero attached hydrogens (tertiary/aromatic N) is 5. The van der Waals surface area contributed by atoms with Crippen LogP contribution in [0.25, 0.3) is 23.0 Å². The van der Waals surface area contributed by atoms with E-state index in [1.807, 2.05) is 36.4 Å². The average molecular weight is 504 g/mol. The van der Waals surface area contributed by atoms with E-state index >= 15 is 0 Å². The van der Waals surface area contributed by atoms with Gasteiger partial charge in [0.2, 0.25) is 0 Å². The van der Waals surface area contributed by atoms with Crippen molar-refractivity contribution in [3.63, 3.8) is 0 Å². The molecular formula is C30H22FN5O2. The predicted octanol–water partition coefficient (Wildman–Crippen LogP) is 5.17. The number of hydrogen-bond acceptors (Lipinski definition) is 5. The zero-order valence-electron chi connectivity index (χ0n) is 20.7. The van der Waals surface area contributed by atoms with Gasteiger partial charge in [0.15, 0.2) is 0 Å². The third-order valence-corrected chi connectivity index (χ3v) is 6.40. The Labute approximate surface area is 218 Å². The van der Waals surface area contributed by atoms with Crippen LogP contribution in [-0.4, -0.2) is 31.5 Å². The first-order valence-electron chi connectivity index (χ1n) is 11.9. The Morgan fingerprint density at radius 3 is 2.50 bits per heavy atom. The van der Waals surface area contributed by atoms with E-state index in [4.69, 9.17) is 5.10 Å². The van der Waals surface area contributed by atoms with Crippen molar-refractivity contribution in [3.05, 3.63) is 118 Å². The van der Waals surface area contributed by atoms with Gasteiger partial charge in [-0.3, -0.25) is 19.5 Å². The molecule has 0 N–H and O–H groups in total. The van der Waals surface area contributed by atoms with Crippen LogP contribution >= 0.6 is 0 Å². The van der Waals surface area contributed by atoms with Crippen LogP contribution in [0.2, 0.25) is 0 Å². The molecule has 0 unspecified atom stereocenters. The summed E-state index contributed by atoms with van der Waals surface area (Å²) in [6.07, 6.45) is 6.51. The van der Waals surface area contributed by atoms with Crippen LogP contribution < -0.4 is 0 Å². The standard InChI is InChI=1S/C30H22FN5O2/c1-19-10-11-22(14-27(19)31)28-23(18-36(34-28)24-8-4-3-5-9-24)13-25-20(2)26(15-32)30(38)35(29(25)37)17-21-7-6-12-33-16-21/h3-14,16,18H,17H2,1-2H3/b25-13+. The van der Waals surface area contributed by atoms with Crippen molar-refractivity contribution >= 4 is 17.9 Å². The predicted molar refractivity (Wildman–Crippen MR) is 140 cm³/mol. The molecule has 1 aliphatic rings. The molecule has 4 aromatic rings. The second kappa shape index (κ2) is 10.1. The third kappa shape index (κ3) is 4.53. The maximum Gasteiger partial charge on any atom is 0.271 e. The Bertz CT molecular complexity index is 1660. The number of rotatable bonds is 5. The van der Waals surface area contributed by atoms with Crippen LogP contribution in [0.4, 0.5) is 4.39 Å². The van der Waals surface area contributed by atoms with Crippen molar-refractivity contribution in [2.45, 2.75) is 20.4 Å². The van der Waals surface area contributed by atoms with E-state index in [1.165, 1.54) is 6.07 Å². The first kappa shape index (κ1) is 24.5. The number of aryl methyl sites for hydroxylation is 1. The fourth-order valence-electron chi connectivity index (χ4n) is 4.27. The molecule has 0 spiro atoms. The summed E-state index contributed by atoms with van der Waals surface area (Å²) < 4.78 is 16.2. The van der Waals surface area contributed by atoms with E-state index in [0.717, 1.165) is 10.6 Å². The molecule has 5 rings (SSSR count). The molecule has 0 aliphatic carbocycles. The first-order chi connectivity index (χ1) is 18.4. The largest absolute Gasteiger partial charge is 0.271 e. The SMILES string of the molecule is CC1=C(C#N)C(=O)N(Cc2cccnc2)C(=O)/C1=C/c1cn(-c2ccccc2)nc1-c1ccc(C)c(F)c1. The Kier molecular flexibility index (Phi) is 6.50. The molecule has 0 bridgehead atoms. The molecule has 2 aromatic heterocycles. The number of para-hydroxylation sites is 1. The fraction of sp³-hybridized carbons (Fsp3) is 0.100. The zero-order valence-corrected chi connectivity index (χ0v) is 20.7. The summed E-state index contributed by atoms with van der Waals surface area (Å²) in [6.45, 7) is 3.23. The number of imide groups is 1. The van der Waals surface area contributed by atoms with E-state index in [9.17, 15) is 19.2 Å². The van der Waals surface area contributed by atoms with E-state index in [2.05, 4.69) is 4.98 Å². The van der Waals surface area contributed by atoms with Crippen LogP contribution in [0.5, 0.6) is 0 Å². The topological polar surface area (TPSA) is 91.9 Å². The Balaban J connectivity index is 1.67. The molecule has 1 aliphatic heterocycles. The van der Waals surface area contributed by atoms with Crippen LogP contribution in [0.1, 0.15) is 23.6 Å². The van der Waals surface area contributed by atoms with Crippen molar-refractivity contribution in [1.29, 1.82) is 5.26 Å². The lowest BCUT2D eigenvalue weighted by atomic mass is 9.93. The van der Waals surface area contributed by atoms with Gasteiger partial charge in [0, 0.05) is 35.3 Å². The Hall–Kier alpha value is -5.16. The Morgan fingerprint density at radius 1 is 1.03 bits per heavy atom. The van der Waals surface area contributed by atoms with Crippen LogP contribution in [0.15, 0.2) is 96.0 Å². The molecule has 2 amide bonds. The van der Waals surface area contributed by atoms with Crippen LogP contribution in [-0.2, 0) is 16.1 Å². The van der Waals surface area contributed by atoms with Gasteiger partial charge in [0.25, 0.3) is 11.8 Å². The summed E-state index contributed by atoms with van der Waals surface area (Å²) in [7, 11) is 0. The minimum absolute atomic E-state index is 0.0272. The summed E-state index contributed by atoms with van der Waals surface area (Å²) in [5, 5.41) is 14.5. The van der Waals surface area contributed by atoms with Gasteiger partial charge in [-0.25, -0.2) is 9.07 Å². The van der Waals surface area contributed by atoms with E-state index < -0.39 is 11.8 Å². The number of carbonyl (C=O) groups excluding carboxylic acids is 2. The number of hydrogen-bond donors (Lipinski definition) is 0. The van der Waals surface area contributed by atoms with Crippen molar-refractivity contribution in [2.24, 2.45) is 0 Å². The normalized spacial score (nSPS) is 14.8. The molecule has 0 saturated heterocycles. The molecule has 186 valence electrons. The maximum atomic E-state index is 14.5. The number of nitriles is 1. The van der Waals surface area contributed by atoms with Gasteiger partial charge in [-0.05, 0) is 60.9 Å². The van der Waals surface area contributed by atoms with Gasteiger partial charge < -0.3 is 0 Å². The van der Waals surface area contributed by atoms with Gasteiger partial charge in [0.05, 0.1) is 12.2 Å². The van der Waals surface area contributed by atoms with E-state index in [0.29, 0.717) is 27.9 Å². The highest BCUT2D eigenvalue weighted by Crippen LogP contribution is 2.32. The van der Waals surface area contributed by atoms with E-state index in [1.54, 1.807) is 67.5 Å². The highest BCUT2D eigenvalue weighted by atomic mass is 19.1. The lowest BCUT2D eigenvalue weighted by molar-refractivity contribution is -0.141. The average Bonchev–Trinajstić information content (AvgIpc) is 3.36. The number of benzene rings is 2. The minimum Gasteiger partial charge on any atom is -0.269 e. The van der Waals surface area contributed by atoms with Crippen molar-refractivity contribution in [1.82, 2.24) is 19.7 Å². The monoisotopic (exact) mass is 503 g/mol. The van der Waals surface area contributed by atoms with Crippen LogP contribution in [0.3, 0.4) is 0 Å². The lowest BCUT2D eigenvalue weighted by Crippen LogP contribution is -2.42. The number of halogens is 1. The summed E-state index contributed by atoms with van der Waals surface area (Å²) in [5.41, 5.74) is 3.80. The second-order valence-electron chi connectivity index (χ2n) is 8.90. The third-order valence-electron chi connectivity index (χ3n) is 6.40. The quantitative estimate of drug-likeness (QED) is 0.277. The Morgan fingerprint density at radius 2 is 1.82 bits per heavy atom. The summed E-state index contributed by atoms with van der Waals surface area (Å²) >= 11 is 0. The number of pyridine rings is 1. The molecule has 0 fully saturated rings. The lowest BCUT2D eigenvalue weighted by Gasteiger charge is -2.27. The summed E-state index contributed by atoms with van der Waals surface area (Å²) in [5.74, 6) is -1.57. The molecule has 3 heterocycles. The van der Waals surface area contributed by atoms with Crippen LogP contribution in [0, 0.1) is 24.1 Å². The second-order valence-corrected chi connectivity index (χ2v) is 8.90. The molecular weight excluding hydrogens is 481 g/mol. The number of aromatic nitrogens is 3. The molecule has 0 atom stereocenters. The molecule has 7 nitrogen and oxygen atoms in total. The highest BCUT2D eigenvalue weighted by Gasteiger charge is 2.35. The van der Waals surface area contributed by atoms with Crippen molar-refractivity contribution in [3.8, 4) is 23.0 Å². The molecule has 8 heteroatoms. The number of amides is 2. The fourth-order valence-corrected chi connectivity index (χ4v) is 4.27. The molecule has 2 aromatic carbocycles. The van der Waals surface area contributed by atoms with Gasteiger partial charge in [-0.15, -0.1) is 0 Å². The van der Waals surface area contributed by atoms with Gasteiger partial charge >= 0.3 is 0 Å². The summed E-state index contributed by atoms with van der Waals surface area (Å²) in [6, 6.07) is 19.6. The molecule has 38 heavy (non-hydrogen) atoms. The minimum atomic E-state index is -0.656. The number of carbonyl (C=O) groups is 2. The van der Waals surface area contributed by atoms with Gasteiger partial charge in [-0.2, -0.15) is 10.4 Å². The maximum absolute atomic E-state index is 14.5. The van der Waals surface area contributed by atoms with Gasteiger partial charge in [0.1, 0.15) is 23.2 Å². The molecule has 0 radical (unpaired) electrons. The smallest absolute Gasteiger partial charge is 0.269 e. The summed E-state index contributed by atoms with van der Waals surface area (Å²) in [4.78, 5) is 31.8. The molecule has 0 saturated carbocycles. The first-order valence-corrected chi connectivity index (χ1v) is 11.9.